The average molecular weight is 469 g/mol. The fraction of sp³-hybridized carbons (Fsp3) is 0.0909. The van der Waals surface area contributed by atoms with Crippen LogP contribution in [0.4, 0.5) is 11.6 Å². The van der Waals surface area contributed by atoms with Crippen LogP contribution >= 0.6 is 22.9 Å². The quantitative estimate of drug-likeness (QED) is 0.438. The van der Waals surface area contributed by atoms with Crippen molar-refractivity contribution in [1.82, 2.24) is 9.97 Å². The van der Waals surface area contributed by atoms with Gasteiger partial charge in [-0.25, -0.2) is 23.5 Å². The number of halogens is 1. The van der Waals surface area contributed by atoms with Gasteiger partial charge in [0.15, 0.2) is 0 Å². The van der Waals surface area contributed by atoms with Crippen molar-refractivity contribution < 1.29 is 8.42 Å². The first-order valence-corrected chi connectivity index (χ1v) is 12.3. The van der Waals surface area contributed by atoms with Crippen molar-refractivity contribution in [2.24, 2.45) is 5.14 Å². The molecule has 2 heterocycles. The summed E-state index contributed by atoms with van der Waals surface area (Å²) in [7, 11) is -3.79. The zero-order valence-electron chi connectivity index (χ0n) is 16.2. The number of nitrogens with two attached hydrogens (primary N) is 1. The number of sulfonamides is 1. The Morgan fingerprint density at radius 2 is 1.87 bits per heavy atom. The second-order valence-electron chi connectivity index (χ2n) is 7.19. The van der Waals surface area contributed by atoms with Crippen molar-refractivity contribution >= 4 is 44.6 Å². The fourth-order valence-electron chi connectivity index (χ4n) is 3.62. The molecule has 0 unspecified atom stereocenters. The molecule has 0 bridgehead atoms. The smallest absolute Gasteiger partial charge is 0.238 e. The lowest BCUT2D eigenvalue weighted by Gasteiger charge is -2.16. The normalized spacial score (nSPS) is 12.8. The highest BCUT2D eigenvalue weighted by atomic mass is 35.5. The van der Waals surface area contributed by atoms with Crippen LogP contribution in [0.5, 0.6) is 0 Å². The lowest BCUT2D eigenvalue weighted by atomic mass is 9.96. The summed E-state index contributed by atoms with van der Waals surface area (Å²) in [5, 5.41) is 9.04. The van der Waals surface area contributed by atoms with Crippen LogP contribution in [-0.4, -0.2) is 18.4 Å². The van der Waals surface area contributed by atoms with Gasteiger partial charge in [0.2, 0.25) is 16.0 Å². The highest BCUT2D eigenvalue weighted by molar-refractivity contribution is 7.89. The predicted octanol–water partition coefficient (Wildman–Crippen LogP) is 5.02. The van der Waals surface area contributed by atoms with Crippen molar-refractivity contribution in [3.8, 4) is 21.7 Å². The van der Waals surface area contributed by atoms with E-state index in [1.165, 1.54) is 17.0 Å². The molecule has 0 fully saturated rings. The fourth-order valence-corrected chi connectivity index (χ4v) is 5.67. The standard InChI is InChI=1S/C22H17ClN4O2S2/c23-18-7-2-1-6-16(18)20-11-17-19(30-20)9-8-13-12-25-22(27-21(13)17)26-14-4-3-5-15(10-14)31(24,28)29/h1-7,10-12H,8-9H2,(H2,24,28,29)(H,25,26,27). The van der Waals surface area contributed by atoms with Crippen molar-refractivity contribution in [3.63, 3.8) is 0 Å². The number of nitrogens with zero attached hydrogens (tertiary/aromatic N) is 2. The summed E-state index contributed by atoms with van der Waals surface area (Å²) < 4.78 is 23.2. The Morgan fingerprint density at radius 1 is 1.03 bits per heavy atom. The van der Waals surface area contributed by atoms with Crippen LogP contribution < -0.4 is 10.5 Å². The predicted molar refractivity (Wildman–Crippen MR) is 124 cm³/mol. The van der Waals surface area contributed by atoms with Gasteiger partial charge in [0.1, 0.15) is 0 Å². The molecule has 0 aliphatic heterocycles. The molecular formula is C22H17ClN4O2S2. The molecule has 2 aromatic carbocycles. The van der Waals surface area contributed by atoms with Crippen LogP contribution in [0.2, 0.25) is 5.02 Å². The van der Waals surface area contributed by atoms with Gasteiger partial charge < -0.3 is 5.32 Å². The third-order valence-corrected chi connectivity index (χ3v) is 7.58. The van der Waals surface area contributed by atoms with Crippen molar-refractivity contribution in [2.45, 2.75) is 17.7 Å². The number of hydrogen-bond donors (Lipinski definition) is 2. The van der Waals surface area contributed by atoms with Crippen LogP contribution in [-0.2, 0) is 22.9 Å². The SMILES string of the molecule is NS(=O)(=O)c1cccc(Nc2ncc3c(n2)-c2cc(-c4ccccc4Cl)sc2CC3)c1. The number of rotatable bonds is 4. The zero-order chi connectivity index (χ0) is 21.6. The molecule has 156 valence electrons. The molecule has 1 aliphatic carbocycles. The van der Waals surface area contributed by atoms with E-state index in [1.54, 1.807) is 23.5 Å². The topological polar surface area (TPSA) is 98.0 Å². The summed E-state index contributed by atoms with van der Waals surface area (Å²) in [6, 6.07) is 16.2. The maximum atomic E-state index is 11.6. The minimum atomic E-state index is -3.79. The number of anilines is 2. The van der Waals surface area contributed by atoms with E-state index in [-0.39, 0.29) is 4.90 Å². The number of fused-ring (bicyclic) bond motifs is 3. The molecule has 1 aliphatic rings. The molecular weight excluding hydrogens is 452 g/mol. The van der Waals surface area contributed by atoms with Crippen molar-refractivity contribution in [2.75, 3.05) is 5.32 Å². The molecule has 0 saturated carbocycles. The Bertz CT molecular complexity index is 1420. The molecule has 2 aromatic heterocycles. The Kier molecular flexibility index (Phi) is 5.02. The van der Waals surface area contributed by atoms with E-state index in [0.29, 0.717) is 11.6 Å². The summed E-state index contributed by atoms with van der Waals surface area (Å²) in [6.07, 6.45) is 3.62. The Morgan fingerprint density at radius 3 is 2.68 bits per heavy atom. The first kappa shape index (κ1) is 20.1. The zero-order valence-corrected chi connectivity index (χ0v) is 18.6. The van der Waals surface area contributed by atoms with E-state index < -0.39 is 10.0 Å². The summed E-state index contributed by atoms with van der Waals surface area (Å²) in [4.78, 5) is 11.6. The van der Waals surface area contributed by atoms with Gasteiger partial charge in [-0.3, -0.25) is 0 Å². The highest BCUT2D eigenvalue weighted by Crippen LogP contribution is 2.43. The molecule has 4 aromatic rings. The van der Waals surface area contributed by atoms with Crippen LogP contribution in [0.3, 0.4) is 0 Å². The number of aromatic nitrogens is 2. The molecule has 0 radical (unpaired) electrons. The Hall–Kier alpha value is -2.78. The van der Waals surface area contributed by atoms with E-state index in [2.05, 4.69) is 16.4 Å². The number of benzene rings is 2. The third-order valence-electron chi connectivity index (χ3n) is 5.11. The van der Waals surface area contributed by atoms with Gasteiger partial charge in [-0.05, 0) is 48.7 Å². The summed E-state index contributed by atoms with van der Waals surface area (Å²) >= 11 is 8.14. The van der Waals surface area contributed by atoms with Crippen LogP contribution in [0, 0.1) is 0 Å². The highest BCUT2D eigenvalue weighted by Gasteiger charge is 2.22. The van der Waals surface area contributed by atoms with Gasteiger partial charge in [0.05, 0.1) is 10.6 Å². The molecule has 6 nitrogen and oxygen atoms in total. The van der Waals surface area contributed by atoms with E-state index in [4.69, 9.17) is 21.7 Å². The van der Waals surface area contributed by atoms with Crippen molar-refractivity contribution in [1.29, 1.82) is 0 Å². The van der Waals surface area contributed by atoms with E-state index in [9.17, 15) is 8.42 Å². The average Bonchev–Trinajstić information content (AvgIpc) is 3.18. The number of primary sulfonamides is 1. The Labute approximate surface area is 188 Å². The summed E-state index contributed by atoms with van der Waals surface area (Å²) in [5.74, 6) is 0.392. The molecule has 31 heavy (non-hydrogen) atoms. The molecule has 3 N–H and O–H groups in total. The van der Waals surface area contributed by atoms with Crippen LogP contribution in [0.1, 0.15) is 10.4 Å². The molecule has 0 saturated heterocycles. The molecule has 0 spiro atoms. The van der Waals surface area contributed by atoms with Crippen LogP contribution in [0.15, 0.2) is 65.7 Å². The minimum absolute atomic E-state index is 0.0277. The summed E-state index contributed by atoms with van der Waals surface area (Å²) in [5.41, 5.74) is 4.61. The molecule has 5 rings (SSSR count). The van der Waals surface area contributed by atoms with Gasteiger partial charge in [0, 0.05) is 37.8 Å². The maximum Gasteiger partial charge on any atom is 0.238 e. The van der Waals surface area contributed by atoms with E-state index in [0.717, 1.165) is 45.1 Å². The largest absolute Gasteiger partial charge is 0.324 e. The lowest BCUT2D eigenvalue weighted by Crippen LogP contribution is -2.12. The third kappa shape index (κ3) is 3.95. The van der Waals surface area contributed by atoms with Gasteiger partial charge in [-0.2, -0.15) is 0 Å². The molecule has 0 amide bonds. The van der Waals surface area contributed by atoms with E-state index in [1.807, 2.05) is 30.5 Å². The number of nitrogens with one attached hydrogen (secondary N) is 1. The number of hydrogen-bond acceptors (Lipinski definition) is 6. The van der Waals surface area contributed by atoms with Crippen LogP contribution in [0.25, 0.3) is 21.7 Å². The summed E-state index contributed by atoms with van der Waals surface area (Å²) in [6.45, 7) is 0. The minimum Gasteiger partial charge on any atom is -0.324 e. The monoisotopic (exact) mass is 468 g/mol. The lowest BCUT2D eigenvalue weighted by molar-refractivity contribution is 0.598. The second kappa shape index (κ2) is 7.72. The van der Waals surface area contributed by atoms with Gasteiger partial charge in [-0.1, -0.05) is 35.9 Å². The van der Waals surface area contributed by atoms with Gasteiger partial charge in [-0.15, -0.1) is 11.3 Å². The van der Waals surface area contributed by atoms with E-state index >= 15 is 0 Å². The molecule has 9 heteroatoms. The number of thiophene rings is 1. The number of aryl methyl sites for hydroxylation is 2. The second-order valence-corrected chi connectivity index (χ2v) is 10.3. The maximum absolute atomic E-state index is 11.6. The first-order chi connectivity index (χ1) is 14.9. The first-order valence-electron chi connectivity index (χ1n) is 9.52. The van der Waals surface area contributed by atoms with Crippen molar-refractivity contribution in [3.05, 3.63) is 76.3 Å². The molecule has 0 atom stereocenters. The van der Waals surface area contributed by atoms with Gasteiger partial charge in [0.25, 0.3) is 0 Å². The van der Waals surface area contributed by atoms with Gasteiger partial charge >= 0.3 is 0 Å². The Balaban J connectivity index is 1.51.